The van der Waals surface area contributed by atoms with Crippen molar-refractivity contribution >= 4 is 28.9 Å². The van der Waals surface area contributed by atoms with Gasteiger partial charge in [-0.1, -0.05) is 18.2 Å². The van der Waals surface area contributed by atoms with Crippen molar-refractivity contribution in [2.75, 3.05) is 13.7 Å². The van der Waals surface area contributed by atoms with Crippen molar-refractivity contribution in [3.8, 4) is 11.6 Å². The highest BCUT2D eigenvalue weighted by Crippen LogP contribution is 2.26. The largest absolute Gasteiger partial charge is 0.494 e. The van der Waals surface area contributed by atoms with Crippen molar-refractivity contribution in [1.29, 1.82) is 0 Å². The standard InChI is InChI=1S/C23H22N2O6/c1-4-31-23(29)15-9-11-16(12-10-15)25-20(26)18-8-6-5-7-17(18)19(21(25)27)13-24-14(2)22(28)30-3/h5-14,27H,4H2,1-3H3. The van der Waals surface area contributed by atoms with Gasteiger partial charge in [-0.15, -0.1) is 0 Å². The van der Waals surface area contributed by atoms with Gasteiger partial charge < -0.3 is 14.6 Å². The molecule has 0 saturated carbocycles. The number of ether oxygens (including phenoxy) is 2. The highest BCUT2D eigenvalue weighted by Gasteiger charge is 2.18. The summed E-state index contributed by atoms with van der Waals surface area (Å²) in [6, 6.07) is 12.1. The molecule has 0 fully saturated rings. The molecule has 0 radical (unpaired) electrons. The van der Waals surface area contributed by atoms with Gasteiger partial charge in [-0.2, -0.15) is 0 Å². The van der Waals surface area contributed by atoms with Crippen molar-refractivity contribution in [3.63, 3.8) is 0 Å². The van der Waals surface area contributed by atoms with Crippen LogP contribution in [-0.4, -0.2) is 47.6 Å². The Hall–Kier alpha value is -3.94. The van der Waals surface area contributed by atoms with Crippen molar-refractivity contribution < 1.29 is 24.2 Å². The molecular weight excluding hydrogens is 400 g/mol. The second kappa shape index (κ2) is 9.25. The second-order valence-corrected chi connectivity index (χ2v) is 6.67. The summed E-state index contributed by atoms with van der Waals surface area (Å²) in [6.07, 6.45) is 1.35. The van der Waals surface area contributed by atoms with Gasteiger partial charge in [0.2, 0.25) is 5.88 Å². The number of aromatic nitrogens is 1. The predicted molar refractivity (Wildman–Crippen MR) is 116 cm³/mol. The molecule has 0 saturated heterocycles. The number of nitrogens with zero attached hydrogens (tertiary/aromatic N) is 2. The molecule has 2 aromatic carbocycles. The third-order valence-corrected chi connectivity index (χ3v) is 4.71. The molecule has 0 aliphatic carbocycles. The quantitative estimate of drug-likeness (QED) is 0.484. The van der Waals surface area contributed by atoms with E-state index >= 15 is 0 Å². The molecule has 0 aliphatic rings. The summed E-state index contributed by atoms with van der Waals surface area (Å²) in [6.45, 7) is 3.52. The van der Waals surface area contributed by atoms with Gasteiger partial charge in [-0.05, 0) is 44.2 Å². The lowest BCUT2D eigenvalue weighted by molar-refractivity contribution is -0.141. The van der Waals surface area contributed by atoms with E-state index in [1.807, 2.05) is 0 Å². The van der Waals surface area contributed by atoms with E-state index in [0.717, 1.165) is 4.57 Å². The molecule has 8 nitrogen and oxygen atoms in total. The van der Waals surface area contributed by atoms with Crippen LogP contribution < -0.4 is 5.56 Å². The van der Waals surface area contributed by atoms with Crippen molar-refractivity contribution in [3.05, 3.63) is 70.0 Å². The number of benzene rings is 2. The van der Waals surface area contributed by atoms with Gasteiger partial charge in [0, 0.05) is 17.0 Å². The van der Waals surface area contributed by atoms with Gasteiger partial charge in [0.05, 0.1) is 30.5 Å². The number of aliphatic imine (C=N–C) groups is 1. The molecule has 0 aliphatic heterocycles. The van der Waals surface area contributed by atoms with Crippen LogP contribution in [0.3, 0.4) is 0 Å². The van der Waals surface area contributed by atoms with E-state index in [1.165, 1.54) is 25.5 Å². The zero-order valence-electron chi connectivity index (χ0n) is 17.4. The molecule has 0 spiro atoms. The molecule has 1 N–H and O–H groups in total. The van der Waals surface area contributed by atoms with Crippen LogP contribution in [0.15, 0.2) is 58.3 Å². The molecule has 160 valence electrons. The van der Waals surface area contributed by atoms with Crippen LogP contribution in [-0.2, 0) is 14.3 Å². The Morgan fingerprint density at radius 1 is 1.13 bits per heavy atom. The van der Waals surface area contributed by atoms with E-state index in [9.17, 15) is 19.5 Å². The number of hydrogen-bond donors (Lipinski definition) is 1. The third-order valence-electron chi connectivity index (χ3n) is 4.71. The van der Waals surface area contributed by atoms with Crippen LogP contribution in [0, 0.1) is 0 Å². The Morgan fingerprint density at radius 2 is 1.77 bits per heavy atom. The summed E-state index contributed by atoms with van der Waals surface area (Å²) in [5, 5.41) is 11.8. The topological polar surface area (TPSA) is 107 Å². The van der Waals surface area contributed by atoms with Crippen molar-refractivity contribution in [1.82, 2.24) is 4.57 Å². The highest BCUT2D eigenvalue weighted by atomic mass is 16.5. The van der Waals surface area contributed by atoms with Gasteiger partial charge in [-0.3, -0.25) is 9.79 Å². The van der Waals surface area contributed by atoms with E-state index in [1.54, 1.807) is 50.2 Å². The summed E-state index contributed by atoms with van der Waals surface area (Å²) in [4.78, 5) is 40.8. The van der Waals surface area contributed by atoms with Crippen molar-refractivity contribution in [2.45, 2.75) is 19.9 Å². The lowest BCUT2D eigenvalue weighted by Gasteiger charge is -2.14. The molecule has 1 atom stereocenters. The SMILES string of the molecule is CCOC(=O)c1ccc(-n2c(O)c(C=NC(C)C(=O)OC)c3ccccc3c2=O)cc1. The number of rotatable bonds is 6. The first-order valence-electron chi connectivity index (χ1n) is 9.64. The summed E-state index contributed by atoms with van der Waals surface area (Å²) in [5.41, 5.74) is 0.528. The number of carbonyl (C=O) groups excluding carboxylic acids is 2. The number of aromatic hydroxyl groups is 1. The van der Waals surface area contributed by atoms with E-state index in [2.05, 4.69) is 9.73 Å². The van der Waals surface area contributed by atoms with E-state index in [0.29, 0.717) is 22.0 Å². The smallest absolute Gasteiger partial charge is 0.338 e. The fourth-order valence-corrected chi connectivity index (χ4v) is 3.11. The number of fused-ring (bicyclic) bond motifs is 1. The molecule has 0 bridgehead atoms. The Balaban J connectivity index is 2.17. The maximum Gasteiger partial charge on any atom is 0.338 e. The van der Waals surface area contributed by atoms with E-state index in [4.69, 9.17) is 4.74 Å². The zero-order valence-corrected chi connectivity index (χ0v) is 17.4. The van der Waals surface area contributed by atoms with E-state index < -0.39 is 23.5 Å². The minimum atomic E-state index is -0.785. The molecule has 1 heterocycles. The lowest BCUT2D eigenvalue weighted by atomic mass is 10.1. The predicted octanol–water partition coefficient (Wildman–Crippen LogP) is 2.85. The summed E-state index contributed by atoms with van der Waals surface area (Å²) < 4.78 is 10.8. The van der Waals surface area contributed by atoms with Crippen LogP contribution in [0.2, 0.25) is 0 Å². The molecule has 31 heavy (non-hydrogen) atoms. The molecular formula is C23H22N2O6. The maximum absolute atomic E-state index is 13.1. The Bertz CT molecular complexity index is 1210. The average molecular weight is 422 g/mol. The van der Waals surface area contributed by atoms with Crippen LogP contribution >= 0.6 is 0 Å². The zero-order chi connectivity index (χ0) is 22.5. The number of hydrogen-bond acceptors (Lipinski definition) is 7. The molecule has 8 heteroatoms. The van der Waals surface area contributed by atoms with Crippen LogP contribution in [0.1, 0.15) is 29.8 Å². The third kappa shape index (κ3) is 4.32. The molecule has 3 rings (SSSR count). The molecule has 1 unspecified atom stereocenters. The average Bonchev–Trinajstić information content (AvgIpc) is 2.79. The first-order chi connectivity index (χ1) is 14.9. The normalized spacial score (nSPS) is 12.1. The maximum atomic E-state index is 13.1. The van der Waals surface area contributed by atoms with Gasteiger partial charge in [0.15, 0.2) is 0 Å². The Kier molecular flexibility index (Phi) is 6.49. The summed E-state index contributed by atoms with van der Waals surface area (Å²) >= 11 is 0. The number of pyridine rings is 1. The number of esters is 2. The number of methoxy groups -OCH3 is 1. The highest BCUT2D eigenvalue weighted by molar-refractivity contribution is 6.02. The van der Waals surface area contributed by atoms with Gasteiger partial charge in [0.1, 0.15) is 6.04 Å². The fourth-order valence-electron chi connectivity index (χ4n) is 3.11. The molecule has 1 aromatic heterocycles. The van der Waals surface area contributed by atoms with Gasteiger partial charge in [-0.25, -0.2) is 14.2 Å². The molecule has 3 aromatic rings. The van der Waals surface area contributed by atoms with Crippen LogP contribution in [0.25, 0.3) is 16.5 Å². The van der Waals surface area contributed by atoms with Crippen LogP contribution in [0.5, 0.6) is 5.88 Å². The van der Waals surface area contributed by atoms with Gasteiger partial charge in [0.25, 0.3) is 5.56 Å². The first kappa shape index (κ1) is 21.8. The lowest BCUT2D eigenvalue weighted by Crippen LogP contribution is -2.21. The van der Waals surface area contributed by atoms with E-state index in [-0.39, 0.29) is 18.1 Å². The monoisotopic (exact) mass is 422 g/mol. The first-order valence-corrected chi connectivity index (χ1v) is 9.64. The minimum absolute atomic E-state index is 0.248. The van der Waals surface area contributed by atoms with Crippen molar-refractivity contribution in [2.24, 2.45) is 4.99 Å². The number of carbonyl (C=O) groups is 2. The van der Waals surface area contributed by atoms with Crippen LogP contribution in [0.4, 0.5) is 0 Å². The summed E-state index contributed by atoms with van der Waals surface area (Å²) in [5.74, 6) is -1.34. The Morgan fingerprint density at radius 3 is 2.39 bits per heavy atom. The second-order valence-electron chi connectivity index (χ2n) is 6.67. The fraction of sp³-hybridized carbons (Fsp3) is 0.217. The molecule has 0 amide bonds. The Labute approximate surface area is 178 Å². The van der Waals surface area contributed by atoms with Gasteiger partial charge >= 0.3 is 11.9 Å². The summed E-state index contributed by atoms with van der Waals surface area (Å²) in [7, 11) is 1.27. The minimum Gasteiger partial charge on any atom is -0.494 e.